The lowest BCUT2D eigenvalue weighted by Gasteiger charge is -2.07. The Hall–Kier alpha value is -2.48. The molecule has 23 heavy (non-hydrogen) atoms. The summed E-state index contributed by atoms with van der Waals surface area (Å²) < 4.78 is 21.2. The van der Waals surface area contributed by atoms with Crippen molar-refractivity contribution < 1.29 is 8.81 Å². The molecular formula is C15H14FN5OS. The summed E-state index contributed by atoms with van der Waals surface area (Å²) in [6.07, 6.45) is 1.72. The first-order valence-electron chi connectivity index (χ1n) is 6.90. The topological polar surface area (TPSA) is 69.6 Å². The molecule has 118 valence electrons. The highest BCUT2D eigenvalue weighted by molar-refractivity contribution is 7.98. The SMILES string of the molecule is C=CCn1c(SCc2nnc(C)o2)nnc1-c1ccccc1F. The van der Waals surface area contributed by atoms with Crippen LogP contribution in [-0.2, 0) is 12.3 Å². The van der Waals surface area contributed by atoms with E-state index in [0.717, 1.165) is 0 Å². The molecule has 3 aromatic rings. The third kappa shape index (κ3) is 3.31. The molecule has 0 bridgehead atoms. The molecule has 0 fully saturated rings. The van der Waals surface area contributed by atoms with Gasteiger partial charge in [0.2, 0.25) is 11.8 Å². The molecule has 0 saturated heterocycles. The summed E-state index contributed by atoms with van der Waals surface area (Å²) >= 11 is 1.40. The van der Waals surface area contributed by atoms with Gasteiger partial charge in [0.15, 0.2) is 11.0 Å². The van der Waals surface area contributed by atoms with E-state index in [1.165, 1.54) is 17.8 Å². The fourth-order valence-electron chi connectivity index (χ4n) is 2.05. The van der Waals surface area contributed by atoms with Gasteiger partial charge in [0, 0.05) is 13.5 Å². The number of hydrogen-bond acceptors (Lipinski definition) is 6. The molecule has 8 heteroatoms. The highest BCUT2D eigenvalue weighted by atomic mass is 32.2. The first-order valence-corrected chi connectivity index (χ1v) is 7.88. The number of thioether (sulfide) groups is 1. The number of allylic oxidation sites excluding steroid dienone is 1. The summed E-state index contributed by atoms with van der Waals surface area (Å²) in [7, 11) is 0. The van der Waals surface area contributed by atoms with Crippen molar-refractivity contribution in [2.45, 2.75) is 24.4 Å². The van der Waals surface area contributed by atoms with Crippen molar-refractivity contribution in [1.82, 2.24) is 25.0 Å². The average Bonchev–Trinajstić information content (AvgIpc) is 3.13. The van der Waals surface area contributed by atoms with Gasteiger partial charge in [0.25, 0.3) is 0 Å². The molecule has 0 atom stereocenters. The molecule has 0 spiro atoms. The van der Waals surface area contributed by atoms with Gasteiger partial charge in [-0.05, 0) is 12.1 Å². The van der Waals surface area contributed by atoms with E-state index in [1.54, 1.807) is 35.8 Å². The van der Waals surface area contributed by atoms with Crippen LogP contribution < -0.4 is 0 Å². The van der Waals surface area contributed by atoms with Crippen molar-refractivity contribution in [2.24, 2.45) is 0 Å². The third-order valence-electron chi connectivity index (χ3n) is 3.04. The maximum absolute atomic E-state index is 14.0. The van der Waals surface area contributed by atoms with Crippen LogP contribution in [0.5, 0.6) is 0 Å². The molecule has 3 rings (SSSR count). The molecule has 6 nitrogen and oxygen atoms in total. The fourth-order valence-corrected chi connectivity index (χ4v) is 2.84. The van der Waals surface area contributed by atoms with Crippen molar-refractivity contribution in [3.05, 3.63) is 54.5 Å². The van der Waals surface area contributed by atoms with Crippen LogP contribution in [0.2, 0.25) is 0 Å². The minimum Gasteiger partial charge on any atom is -0.425 e. The fraction of sp³-hybridized carbons (Fsp3) is 0.200. The number of nitrogens with zero attached hydrogens (tertiary/aromatic N) is 5. The predicted octanol–water partition coefficient (Wildman–Crippen LogP) is 3.25. The number of aryl methyl sites for hydroxylation is 1. The molecule has 0 saturated carbocycles. The summed E-state index contributed by atoms with van der Waals surface area (Å²) in [4.78, 5) is 0. The Morgan fingerprint density at radius 3 is 2.78 bits per heavy atom. The predicted molar refractivity (Wildman–Crippen MR) is 84.2 cm³/mol. The Balaban J connectivity index is 1.89. The van der Waals surface area contributed by atoms with Crippen LogP contribution in [0.15, 0.2) is 46.5 Å². The van der Waals surface area contributed by atoms with Gasteiger partial charge in [-0.1, -0.05) is 30.0 Å². The standard InChI is InChI=1S/C15H14FN5OS/c1-3-8-21-14(11-6-4-5-7-12(11)16)19-20-15(21)23-9-13-18-17-10(2)22-13/h3-7H,1,8-9H2,2H3. The van der Waals surface area contributed by atoms with Gasteiger partial charge in [0.05, 0.1) is 11.3 Å². The van der Waals surface area contributed by atoms with Gasteiger partial charge in [-0.2, -0.15) is 0 Å². The summed E-state index contributed by atoms with van der Waals surface area (Å²) in [5.74, 6) is 1.61. The highest BCUT2D eigenvalue weighted by Crippen LogP contribution is 2.27. The number of rotatable bonds is 6. The minimum atomic E-state index is -0.339. The van der Waals surface area contributed by atoms with Gasteiger partial charge in [0.1, 0.15) is 5.82 Å². The number of benzene rings is 1. The molecule has 0 aliphatic heterocycles. The first-order chi connectivity index (χ1) is 11.2. The Morgan fingerprint density at radius 2 is 2.09 bits per heavy atom. The molecule has 0 aliphatic rings. The summed E-state index contributed by atoms with van der Waals surface area (Å²) in [6, 6.07) is 6.48. The largest absolute Gasteiger partial charge is 0.425 e. The number of aromatic nitrogens is 5. The molecule has 0 unspecified atom stereocenters. The van der Waals surface area contributed by atoms with Crippen LogP contribution in [0.25, 0.3) is 11.4 Å². The average molecular weight is 331 g/mol. The molecule has 1 aromatic carbocycles. The van der Waals surface area contributed by atoms with Crippen LogP contribution in [0.1, 0.15) is 11.8 Å². The lowest BCUT2D eigenvalue weighted by atomic mass is 10.2. The van der Waals surface area contributed by atoms with Gasteiger partial charge in [-0.15, -0.1) is 27.0 Å². The van der Waals surface area contributed by atoms with E-state index in [0.29, 0.717) is 40.6 Å². The Morgan fingerprint density at radius 1 is 1.26 bits per heavy atom. The Labute approximate surface area is 136 Å². The maximum atomic E-state index is 14.0. The zero-order chi connectivity index (χ0) is 16.2. The van der Waals surface area contributed by atoms with Crippen molar-refractivity contribution in [2.75, 3.05) is 0 Å². The Bertz CT molecular complexity index is 829. The van der Waals surface area contributed by atoms with E-state index in [4.69, 9.17) is 4.42 Å². The van der Waals surface area contributed by atoms with E-state index in [9.17, 15) is 4.39 Å². The number of hydrogen-bond donors (Lipinski definition) is 0. The zero-order valence-electron chi connectivity index (χ0n) is 12.4. The van der Waals surface area contributed by atoms with Crippen LogP contribution in [-0.4, -0.2) is 25.0 Å². The molecular weight excluding hydrogens is 317 g/mol. The molecule has 2 heterocycles. The summed E-state index contributed by atoms with van der Waals surface area (Å²) in [5.41, 5.74) is 0.405. The van der Waals surface area contributed by atoms with Crippen LogP contribution in [0.4, 0.5) is 4.39 Å². The van der Waals surface area contributed by atoms with E-state index in [-0.39, 0.29) is 5.82 Å². The molecule has 0 amide bonds. The highest BCUT2D eigenvalue weighted by Gasteiger charge is 2.17. The van der Waals surface area contributed by atoms with Crippen molar-refractivity contribution >= 4 is 11.8 Å². The molecule has 2 aromatic heterocycles. The van der Waals surface area contributed by atoms with Gasteiger partial charge in [-0.25, -0.2) is 4.39 Å². The second-order valence-corrected chi connectivity index (χ2v) is 5.63. The minimum absolute atomic E-state index is 0.339. The molecule has 0 radical (unpaired) electrons. The van der Waals surface area contributed by atoms with Gasteiger partial charge in [-0.3, -0.25) is 4.57 Å². The quantitative estimate of drug-likeness (QED) is 0.510. The molecule has 0 aliphatic carbocycles. The normalized spacial score (nSPS) is 10.9. The second-order valence-electron chi connectivity index (χ2n) is 4.69. The van der Waals surface area contributed by atoms with Crippen molar-refractivity contribution in [1.29, 1.82) is 0 Å². The second kappa shape index (κ2) is 6.74. The Kier molecular flexibility index (Phi) is 4.52. The van der Waals surface area contributed by atoms with Crippen molar-refractivity contribution in [3.63, 3.8) is 0 Å². The van der Waals surface area contributed by atoms with E-state index >= 15 is 0 Å². The van der Waals surface area contributed by atoms with Gasteiger partial charge < -0.3 is 4.42 Å². The van der Waals surface area contributed by atoms with E-state index in [1.807, 2.05) is 0 Å². The number of halogens is 1. The maximum Gasteiger partial charge on any atom is 0.226 e. The lowest BCUT2D eigenvalue weighted by molar-refractivity contribution is 0.485. The van der Waals surface area contributed by atoms with Gasteiger partial charge >= 0.3 is 0 Å². The van der Waals surface area contributed by atoms with Crippen LogP contribution >= 0.6 is 11.8 Å². The first kappa shape index (κ1) is 15.4. The van der Waals surface area contributed by atoms with Crippen LogP contribution in [0, 0.1) is 12.7 Å². The molecule has 0 N–H and O–H groups in total. The van der Waals surface area contributed by atoms with Crippen molar-refractivity contribution in [3.8, 4) is 11.4 Å². The lowest BCUT2D eigenvalue weighted by Crippen LogP contribution is -2.01. The van der Waals surface area contributed by atoms with E-state index < -0.39 is 0 Å². The smallest absolute Gasteiger partial charge is 0.226 e. The third-order valence-corrected chi connectivity index (χ3v) is 3.99. The zero-order valence-corrected chi connectivity index (χ0v) is 13.3. The summed E-state index contributed by atoms with van der Waals surface area (Å²) in [5, 5.41) is 16.6. The van der Waals surface area contributed by atoms with Crippen LogP contribution in [0.3, 0.4) is 0 Å². The summed E-state index contributed by atoms with van der Waals surface area (Å²) in [6.45, 7) is 5.94. The van der Waals surface area contributed by atoms with E-state index in [2.05, 4.69) is 27.0 Å². The monoisotopic (exact) mass is 331 g/mol.